The van der Waals surface area contributed by atoms with Gasteiger partial charge in [0.1, 0.15) is 0 Å². The summed E-state index contributed by atoms with van der Waals surface area (Å²) in [5.41, 5.74) is 4.82. The minimum atomic E-state index is 0.805. The molecule has 0 saturated carbocycles. The van der Waals surface area contributed by atoms with E-state index in [1.54, 1.807) is 0 Å². The second kappa shape index (κ2) is 6.94. The number of benzene rings is 1. The molecule has 0 amide bonds. The molecule has 1 heterocycles. The lowest BCUT2D eigenvalue weighted by Gasteiger charge is -2.21. The maximum Gasteiger partial charge on any atom is 0.0416 e. The van der Waals surface area contributed by atoms with Gasteiger partial charge in [0.05, 0.1) is 0 Å². The highest BCUT2D eigenvalue weighted by atomic mass is 15.1. The summed E-state index contributed by atoms with van der Waals surface area (Å²) >= 11 is 0. The van der Waals surface area contributed by atoms with Crippen molar-refractivity contribution in [2.24, 2.45) is 0 Å². The van der Waals surface area contributed by atoms with Gasteiger partial charge in [0.15, 0.2) is 0 Å². The van der Waals surface area contributed by atoms with Gasteiger partial charge in [-0.25, -0.2) is 0 Å². The Bertz CT molecular complexity index is 530. The van der Waals surface area contributed by atoms with E-state index in [1.807, 2.05) is 12.4 Å². The van der Waals surface area contributed by atoms with Crippen molar-refractivity contribution in [2.45, 2.75) is 27.3 Å². The smallest absolute Gasteiger partial charge is 0.0416 e. The zero-order valence-electron chi connectivity index (χ0n) is 12.6. The van der Waals surface area contributed by atoms with Crippen LogP contribution in [0.5, 0.6) is 0 Å². The van der Waals surface area contributed by atoms with Crippen LogP contribution >= 0.6 is 0 Å². The molecule has 0 saturated heterocycles. The average Bonchev–Trinajstić information content (AvgIpc) is 2.48. The van der Waals surface area contributed by atoms with Gasteiger partial charge in [0.2, 0.25) is 0 Å². The quantitative estimate of drug-likeness (QED) is 0.863. The van der Waals surface area contributed by atoms with E-state index in [9.17, 15) is 0 Å². The molecule has 0 aliphatic rings. The number of nitrogens with one attached hydrogen (secondary N) is 1. The van der Waals surface area contributed by atoms with Crippen molar-refractivity contribution in [3.8, 4) is 0 Å². The van der Waals surface area contributed by atoms with Gasteiger partial charge in [0, 0.05) is 43.4 Å². The van der Waals surface area contributed by atoms with Gasteiger partial charge in [-0.15, -0.1) is 0 Å². The lowest BCUT2D eigenvalue weighted by atomic mass is 10.2. The predicted octanol–water partition coefficient (Wildman–Crippen LogP) is 3.85. The fourth-order valence-corrected chi connectivity index (χ4v) is 2.30. The van der Waals surface area contributed by atoms with Crippen LogP contribution in [-0.4, -0.2) is 18.1 Å². The highest BCUT2D eigenvalue weighted by Crippen LogP contribution is 2.18. The molecule has 0 atom stereocenters. The van der Waals surface area contributed by atoms with Crippen molar-refractivity contribution in [2.75, 3.05) is 23.3 Å². The van der Waals surface area contributed by atoms with E-state index in [1.165, 1.54) is 16.8 Å². The second-order valence-electron chi connectivity index (χ2n) is 4.94. The van der Waals surface area contributed by atoms with Crippen LogP contribution in [0.25, 0.3) is 0 Å². The molecule has 0 spiro atoms. The molecule has 2 aromatic rings. The first-order valence-electron chi connectivity index (χ1n) is 7.22. The van der Waals surface area contributed by atoms with Crippen LogP contribution in [0, 0.1) is 6.92 Å². The zero-order valence-corrected chi connectivity index (χ0v) is 12.6. The molecule has 3 nitrogen and oxygen atoms in total. The number of hydrogen-bond donors (Lipinski definition) is 1. The van der Waals surface area contributed by atoms with Crippen LogP contribution in [0.3, 0.4) is 0 Å². The Morgan fingerprint density at radius 2 is 1.75 bits per heavy atom. The van der Waals surface area contributed by atoms with Crippen LogP contribution < -0.4 is 10.2 Å². The number of pyridine rings is 1. The molecular formula is C17H23N3. The fourth-order valence-electron chi connectivity index (χ4n) is 2.30. The predicted molar refractivity (Wildman–Crippen MR) is 86.3 cm³/mol. The first kappa shape index (κ1) is 14.4. The molecule has 3 heteroatoms. The van der Waals surface area contributed by atoms with Crippen molar-refractivity contribution in [3.63, 3.8) is 0 Å². The molecule has 1 aromatic heterocycles. The van der Waals surface area contributed by atoms with E-state index < -0.39 is 0 Å². The third kappa shape index (κ3) is 3.73. The molecule has 0 radical (unpaired) electrons. The summed E-state index contributed by atoms with van der Waals surface area (Å²) in [6.45, 7) is 9.31. The molecule has 2 rings (SSSR count). The third-order valence-corrected chi connectivity index (χ3v) is 3.42. The molecule has 0 aliphatic heterocycles. The highest BCUT2D eigenvalue weighted by molar-refractivity contribution is 5.55. The van der Waals surface area contributed by atoms with Crippen LogP contribution in [0.4, 0.5) is 11.4 Å². The molecule has 1 aromatic carbocycles. The number of rotatable bonds is 6. The summed E-state index contributed by atoms with van der Waals surface area (Å²) in [5, 5.41) is 3.43. The van der Waals surface area contributed by atoms with Crippen molar-refractivity contribution < 1.29 is 0 Å². The molecule has 1 N–H and O–H groups in total. The first-order valence-corrected chi connectivity index (χ1v) is 7.22. The van der Waals surface area contributed by atoms with Crippen LogP contribution in [0.15, 0.2) is 42.7 Å². The van der Waals surface area contributed by atoms with Gasteiger partial charge in [-0.1, -0.05) is 6.07 Å². The van der Waals surface area contributed by atoms with Crippen molar-refractivity contribution in [1.82, 2.24) is 4.98 Å². The standard InChI is InChI=1S/C17H23N3/c1-4-20(5-2)17-8-6-16(7-9-17)19-13-15-10-14(3)11-18-12-15/h6-12,19H,4-5,13H2,1-3H3. The summed E-state index contributed by atoms with van der Waals surface area (Å²) in [7, 11) is 0. The SMILES string of the molecule is CCN(CC)c1ccc(NCc2cncc(C)c2)cc1. The minimum Gasteiger partial charge on any atom is -0.381 e. The Morgan fingerprint density at radius 3 is 2.35 bits per heavy atom. The first-order chi connectivity index (χ1) is 9.72. The maximum atomic E-state index is 4.21. The van der Waals surface area contributed by atoms with E-state index in [-0.39, 0.29) is 0 Å². The molecule has 0 bridgehead atoms. The number of nitrogens with zero attached hydrogens (tertiary/aromatic N) is 2. The third-order valence-electron chi connectivity index (χ3n) is 3.42. The fraction of sp³-hybridized carbons (Fsp3) is 0.353. The van der Waals surface area contributed by atoms with Crippen LogP contribution in [0.2, 0.25) is 0 Å². The molecule has 0 fully saturated rings. The minimum absolute atomic E-state index is 0.805. The Morgan fingerprint density at radius 1 is 1.05 bits per heavy atom. The Kier molecular flexibility index (Phi) is 4.99. The number of aryl methyl sites for hydroxylation is 1. The van der Waals surface area contributed by atoms with Crippen LogP contribution in [0.1, 0.15) is 25.0 Å². The van der Waals surface area contributed by atoms with E-state index in [4.69, 9.17) is 0 Å². The van der Waals surface area contributed by atoms with Crippen LogP contribution in [-0.2, 0) is 6.54 Å². The molecular weight excluding hydrogens is 246 g/mol. The van der Waals surface area contributed by atoms with E-state index in [2.05, 4.69) is 66.3 Å². The summed E-state index contributed by atoms with van der Waals surface area (Å²) in [6, 6.07) is 10.8. The summed E-state index contributed by atoms with van der Waals surface area (Å²) in [4.78, 5) is 6.55. The Hall–Kier alpha value is -2.03. The van der Waals surface area contributed by atoms with Crippen molar-refractivity contribution in [1.29, 1.82) is 0 Å². The topological polar surface area (TPSA) is 28.2 Å². The second-order valence-corrected chi connectivity index (χ2v) is 4.94. The normalized spacial score (nSPS) is 10.3. The number of aromatic nitrogens is 1. The lowest BCUT2D eigenvalue weighted by molar-refractivity contribution is 0.866. The summed E-state index contributed by atoms with van der Waals surface area (Å²) in [5.74, 6) is 0. The zero-order chi connectivity index (χ0) is 14.4. The Labute approximate surface area is 121 Å². The van der Waals surface area contributed by atoms with Gasteiger partial charge >= 0.3 is 0 Å². The van der Waals surface area contributed by atoms with Gasteiger partial charge in [-0.2, -0.15) is 0 Å². The summed E-state index contributed by atoms with van der Waals surface area (Å²) < 4.78 is 0. The van der Waals surface area contributed by atoms with Gasteiger partial charge in [0.25, 0.3) is 0 Å². The van der Waals surface area contributed by atoms with Crippen molar-refractivity contribution in [3.05, 3.63) is 53.9 Å². The number of anilines is 2. The molecule has 0 aliphatic carbocycles. The average molecular weight is 269 g/mol. The largest absolute Gasteiger partial charge is 0.381 e. The van der Waals surface area contributed by atoms with Gasteiger partial charge in [-0.05, 0) is 56.2 Å². The number of hydrogen-bond acceptors (Lipinski definition) is 3. The lowest BCUT2D eigenvalue weighted by Crippen LogP contribution is -2.21. The van der Waals surface area contributed by atoms with Crippen molar-refractivity contribution >= 4 is 11.4 Å². The maximum absolute atomic E-state index is 4.21. The summed E-state index contributed by atoms with van der Waals surface area (Å²) in [6.07, 6.45) is 3.78. The van der Waals surface area contributed by atoms with E-state index in [0.29, 0.717) is 0 Å². The molecule has 0 unspecified atom stereocenters. The highest BCUT2D eigenvalue weighted by Gasteiger charge is 2.01. The van der Waals surface area contributed by atoms with E-state index >= 15 is 0 Å². The molecule has 20 heavy (non-hydrogen) atoms. The Balaban J connectivity index is 1.97. The monoisotopic (exact) mass is 269 g/mol. The van der Waals surface area contributed by atoms with E-state index in [0.717, 1.165) is 25.3 Å². The van der Waals surface area contributed by atoms with Gasteiger partial charge < -0.3 is 10.2 Å². The molecule has 106 valence electrons. The van der Waals surface area contributed by atoms with Gasteiger partial charge in [-0.3, -0.25) is 4.98 Å².